The Hall–Kier alpha value is -2.93. The zero-order chi connectivity index (χ0) is 18.2. The monoisotopic (exact) mass is 365 g/mol. The number of halogens is 3. The van der Waals surface area contributed by atoms with Crippen molar-refractivity contribution < 1.29 is 13.2 Å². The van der Waals surface area contributed by atoms with Crippen LogP contribution < -0.4 is 10.5 Å². The van der Waals surface area contributed by atoms with Crippen molar-refractivity contribution in [3.8, 4) is 6.07 Å². The number of fused-ring (bicyclic) bond motifs is 1. The number of anilines is 1. The minimum absolute atomic E-state index is 0.00513. The fourth-order valence-corrected chi connectivity index (χ4v) is 3.01. The first kappa shape index (κ1) is 16.9. The summed E-state index contributed by atoms with van der Waals surface area (Å²) >= 11 is 1.25. The molecule has 0 radical (unpaired) electrons. The molecule has 0 saturated heterocycles. The molecule has 3 heterocycles. The van der Waals surface area contributed by atoms with Crippen LogP contribution in [0.5, 0.6) is 0 Å². The third kappa shape index (κ3) is 3.32. The molecule has 0 amide bonds. The molecular weight excluding hydrogens is 355 g/mol. The molecule has 128 valence electrons. The Kier molecular flexibility index (Phi) is 4.18. The van der Waals surface area contributed by atoms with Gasteiger partial charge in [-0.1, -0.05) is 0 Å². The fourth-order valence-electron chi connectivity index (χ4n) is 2.28. The molecule has 1 N–H and O–H groups in total. The van der Waals surface area contributed by atoms with Crippen LogP contribution in [0.3, 0.4) is 0 Å². The molecule has 0 aliphatic heterocycles. The number of aromatic amines is 1. The van der Waals surface area contributed by atoms with E-state index < -0.39 is 11.9 Å². The van der Waals surface area contributed by atoms with E-state index in [1.54, 1.807) is 11.4 Å². The van der Waals surface area contributed by atoms with Crippen molar-refractivity contribution in [2.75, 3.05) is 11.9 Å². The summed E-state index contributed by atoms with van der Waals surface area (Å²) < 4.78 is 39.1. The molecule has 0 aliphatic carbocycles. The van der Waals surface area contributed by atoms with Gasteiger partial charge < -0.3 is 9.88 Å². The average Bonchev–Trinajstić information content (AvgIpc) is 3.02. The van der Waals surface area contributed by atoms with Gasteiger partial charge in [0.15, 0.2) is 0 Å². The van der Waals surface area contributed by atoms with Gasteiger partial charge in [-0.15, -0.1) is 11.3 Å². The number of nitrogens with zero attached hydrogens (tertiary/aromatic N) is 4. The maximum Gasteiger partial charge on any atom is 0.433 e. The molecule has 3 aromatic rings. The normalized spacial score (nSPS) is 11.5. The van der Waals surface area contributed by atoms with Gasteiger partial charge in [0.1, 0.15) is 28.1 Å². The highest BCUT2D eigenvalue weighted by Crippen LogP contribution is 2.30. The molecule has 0 aliphatic rings. The second-order valence-electron chi connectivity index (χ2n) is 5.18. The summed E-state index contributed by atoms with van der Waals surface area (Å²) in [6, 6.07) is 5.32. The van der Waals surface area contributed by atoms with Crippen molar-refractivity contribution in [3.63, 3.8) is 0 Å². The van der Waals surface area contributed by atoms with Crippen molar-refractivity contribution in [2.24, 2.45) is 0 Å². The Labute approximate surface area is 143 Å². The summed E-state index contributed by atoms with van der Waals surface area (Å²) in [5.41, 5.74) is -0.909. The molecule has 25 heavy (non-hydrogen) atoms. The number of nitrogens with one attached hydrogen (secondary N) is 1. The Morgan fingerprint density at radius 1 is 1.32 bits per heavy atom. The smallest absolute Gasteiger partial charge is 0.351 e. The summed E-state index contributed by atoms with van der Waals surface area (Å²) in [7, 11) is 1.47. The molecule has 0 spiro atoms. The zero-order valence-corrected chi connectivity index (χ0v) is 13.6. The zero-order valence-electron chi connectivity index (χ0n) is 12.8. The van der Waals surface area contributed by atoms with Crippen LogP contribution in [0.15, 0.2) is 28.4 Å². The lowest BCUT2D eigenvalue weighted by Crippen LogP contribution is -2.24. The van der Waals surface area contributed by atoms with Gasteiger partial charge >= 0.3 is 6.18 Å². The Balaban J connectivity index is 1.98. The topological polar surface area (TPSA) is 85.7 Å². The highest BCUT2D eigenvalue weighted by Gasteiger charge is 2.33. The first-order valence-corrected chi connectivity index (χ1v) is 7.83. The van der Waals surface area contributed by atoms with Gasteiger partial charge in [0.2, 0.25) is 0 Å². The second-order valence-corrected chi connectivity index (χ2v) is 6.10. The van der Waals surface area contributed by atoms with Crippen LogP contribution >= 0.6 is 11.3 Å². The third-order valence-electron chi connectivity index (χ3n) is 3.40. The number of hydrogen-bond donors (Lipinski definition) is 1. The van der Waals surface area contributed by atoms with Crippen molar-refractivity contribution in [1.29, 1.82) is 5.26 Å². The standard InChI is InChI=1S/C15H10F3N5OS/c1-23(7-11-20-9-4-5-25-12(9)14(24)22-11)13-8(6-19)2-3-10(21-13)15(16,17)18/h2-5H,7H2,1H3,(H,20,22,24). The number of alkyl halides is 3. The summed E-state index contributed by atoms with van der Waals surface area (Å²) in [5.74, 6) is 0.131. The Morgan fingerprint density at radius 2 is 2.08 bits per heavy atom. The fraction of sp³-hybridized carbons (Fsp3) is 0.200. The largest absolute Gasteiger partial charge is 0.433 e. The summed E-state index contributed by atoms with van der Waals surface area (Å²) in [4.78, 5) is 23.7. The summed E-state index contributed by atoms with van der Waals surface area (Å²) in [6.45, 7) is -0.00990. The van der Waals surface area contributed by atoms with Crippen molar-refractivity contribution >= 4 is 27.4 Å². The minimum Gasteiger partial charge on any atom is -0.351 e. The molecule has 0 bridgehead atoms. The summed E-state index contributed by atoms with van der Waals surface area (Å²) in [5, 5.41) is 10.8. The van der Waals surface area contributed by atoms with E-state index in [4.69, 9.17) is 5.26 Å². The van der Waals surface area contributed by atoms with Crippen LogP contribution in [0.1, 0.15) is 17.1 Å². The van der Waals surface area contributed by atoms with E-state index in [1.165, 1.54) is 23.3 Å². The highest BCUT2D eigenvalue weighted by atomic mass is 32.1. The van der Waals surface area contributed by atoms with Gasteiger partial charge in [-0.05, 0) is 23.6 Å². The number of thiophene rings is 1. The molecule has 0 unspecified atom stereocenters. The number of H-pyrrole nitrogens is 1. The van der Waals surface area contributed by atoms with E-state index in [9.17, 15) is 18.0 Å². The predicted molar refractivity (Wildman–Crippen MR) is 86.3 cm³/mol. The number of aromatic nitrogens is 3. The maximum absolute atomic E-state index is 12.9. The van der Waals surface area contributed by atoms with Crippen LogP contribution in [-0.2, 0) is 12.7 Å². The first-order valence-electron chi connectivity index (χ1n) is 6.95. The molecule has 0 aromatic carbocycles. The van der Waals surface area contributed by atoms with Gasteiger partial charge in [-0.2, -0.15) is 18.4 Å². The molecule has 10 heteroatoms. The van der Waals surface area contributed by atoms with Crippen LogP contribution in [0.2, 0.25) is 0 Å². The molecule has 0 atom stereocenters. The van der Waals surface area contributed by atoms with E-state index in [1.807, 2.05) is 6.07 Å². The number of nitriles is 1. The van der Waals surface area contributed by atoms with Crippen LogP contribution in [-0.4, -0.2) is 22.0 Å². The SMILES string of the molecule is CN(Cc1nc2ccsc2c(=O)[nH]1)c1nc(C(F)(F)F)ccc1C#N. The lowest BCUT2D eigenvalue weighted by molar-refractivity contribution is -0.141. The number of rotatable bonds is 3. The minimum atomic E-state index is -4.62. The lowest BCUT2D eigenvalue weighted by Gasteiger charge is -2.20. The van der Waals surface area contributed by atoms with E-state index in [2.05, 4.69) is 15.0 Å². The Bertz CT molecular complexity index is 1030. The van der Waals surface area contributed by atoms with Gasteiger partial charge in [0, 0.05) is 7.05 Å². The first-order chi connectivity index (χ1) is 11.8. The van der Waals surface area contributed by atoms with Crippen LogP contribution in [0.4, 0.5) is 19.0 Å². The Morgan fingerprint density at radius 3 is 2.76 bits per heavy atom. The van der Waals surface area contributed by atoms with Gasteiger partial charge in [-0.25, -0.2) is 9.97 Å². The predicted octanol–water partition coefficient (Wildman–Crippen LogP) is 2.91. The lowest BCUT2D eigenvalue weighted by atomic mass is 10.2. The summed E-state index contributed by atoms with van der Waals surface area (Å²) in [6.07, 6.45) is -4.62. The number of hydrogen-bond acceptors (Lipinski definition) is 6. The van der Waals surface area contributed by atoms with Gasteiger partial charge in [0.25, 0.3) is 5.56 Å². The van der Waals surface area contributed by atoms with E-state index in [-0.39, 0.29) is 29.3 Å². The molecule has 6 nitrogen and oxygen atoms in total. The van der Waals surface area contributed by atoms with E-state index in [0.717, 1.165) is 12.1 Å². The number of pyridine rings is 1. The molecule has 3 aromatic heterocycles. The van der Waals surface area contributed by atoms with Crippen molar-refractivity contribution in [1.82, 2.24) is 15.0 Å². The van der Waals surface area contributed by atoms with Crippen LogP contribution in [0, 0.1) is 11.3 Å². The molecular formula is C15H10F3N5OS. The van der Waals surface area contributed by atoms with Gasteiger partial charge in [-0.3, -0.25) is 4.79 Å². The molecule has 0 saturated carbocycles. The quantitative estimate of drug-likeness (QED) is 0.771. The molecule has 3 rings (SSSR count). The maximum atomic E-state index is 12.9. The van der Waals surface area contributed by atoms with Crippen molar-refractivity contribution in [3.05, 3.63) is 51.0 Å². The van der Waals surface area contributed by atoms with E-state index in [0.29, 0.717) is 10.2 Å². The highest BCUT2D eigenvalue weighted by molar-refractivity contribution is 7.17. The van der Waals surface area contributed by atoms with Gasteiger partial charge in [0.05, 0.1) is 17.6 Å². The van der Waals surface area contributed by atoms with E-state index >= 15 is 0 Å². The van der Waals surface area contributed by atoms with Crippen molar-refractivity contribution in [2.45, 2.75) is 12.7 Å². The second kappa shape index (κ2) is 6.18. The molecule has 0 fully saturated rings. The third-order valence-corrected chi connectivity index (χ3v) is 4.30. The van der Waals surface area contributed by atoms with Crippen LogP contribution in [0.25, 0.3) is 10.2 Å². The average molecular weight is 365 g/mol.